The van der Waals surface area contributed by atoms with Gasteiger partial charge in [0.15, 0.2) is 0 Å². The van der Waals surface area contributed by atoms with Gasteiger partial charge in [0.1, 0.15) is 0 Å². The predicted molar refractivity (Wildman–Crippen MR) is 72.8 cm³/mol. The summed E-state index contributed by atoms with van der Waals surface area (Å²) in [5.74, 6) is 0. The molecule has 1 rings (SSSR count). The first-order valence-electron chi connectivity index (χ1n) is 6.79. The van der Waals surface area contributed by atoms with Gasteiger partial charge in [-0.2, -0.15) is 0 Å². The Bertz CT molecular complexity index is 212. The summed E-state index contributed by atoms with van der Waals surface area (Å²) in [5, 5.41) is 0. The van der Waals surface area contributed by atoms with Gasteiger partial charge in [0.05, 0.1) is 0 Å². The summed E-state index contributed by atoms with van der Waals surface area (Å²) >= 11 is 0. The minimum absolute atomic E-state index is 0.385. The zero-order valence-corrected chi connectivity index (χ0v) is 11.7. The van der Waals surface area contributed by atoms with Crippen molar-refractivity contribution in [1.29, 1.82) is 0 Å². The van der Waals surface area contributed by atoms with Crippen molar-refractivity contribution in [3.05, 3.63) is 12.7 Å². The smallest absolute Gasteiger partial charge is 0.0158 e. The van der Waals surface area contributed by atoms with E-state index in [1.807, 2.05) is 6.08 Å². The first kappa shape index (κ1) is 13.8. The zero-order valence-electron chi connectivity index (χ0n) is 11.7. The Morgan fingerprint density at radius 1 is 1.06 bits per heavy atom. The van der Waals surface area contributed by atoms with E-state index in [4.69, 9.17) is 0 Å². The lowest BCUT2D eigenvalue weighted by molar-refractivity contribution is -0.0274. The molecule has 0 N–H and O–H groups in total. The second kappa shape index (κ2) is 5.35. The maximum absolute atomic E-state index is 3.79. The Morgan fingerprint density at radius 2 is 1.62 bits per heavy atom. The van der Waals surface area contributed by atoms with Crippen molar-refractivity contribution in [2.24, 2.45) is 0 Å². The van der Waals surface area contributed by atoms with Crippen LogP contribution >= 0.6 is 0 Å². The molecule has 0 unspecified atom stereocenters. The first-order chi connectivity index (χ1) is 7.40. The lowest BCUT2D eigenvalue weighted by atomic mass is 9.79. The van der Waals surface area contributed by atoms with Crippen LogP contribution in [0.3, 0.4) is 0 Å². The molecule has 1 aliphatic heterocycles. The molecule has 94 valence electrons. The van der Waals surface area contributed by atoms with Gasteiger partial charge in [0, 0.05) is 11.1 Å². The van der Waals surface area contributed by atoms with Crippen LogP contribution in [0.15, 0.2) is 12.7 Å². The number of hydrogen-bond acceptors (Lipinski definition) is 1. The summed E-state index contributed by atoms with van der Waals surface area (Å²) in [6, 6.07) is 0. The Labute approximate surface area is 102 Å². The number of rotatable bonds is 5. The van der Waals surface area contributed by atoms with E-state index in [1.165, 1.54) is 38.6 Å². The predicted octanol–water partition coefficient (Wildman–Crippen LogP) is 4.39. The first-order valence-corrected chi connectivity index (χ1v) is 6.79. The molecule has 0 amide bonds. The minimum atomic E-state index is 0.385. The van der Waals surface area contributed by atoms with Crippen molar-refractivity contribution in [3.63, 3.8) is 0 Å². The van der Waals surface area contributed by atoms with E-state index in [0.29, 0.717) is 11.1 Å². The van der Waals surface area contributed by atoms with Gasteiger partial charge in [0.2, 0.25) is 0 Å². The Hall–Kier alpha value is -0.300. The highest BCUT2D eigenvalue weighted by Crippen LogP contribution is 2.38. The van der Waals surface area contributed by atoms with Crippen LogP contribution in [0.25, 0.3) is 0 Å². The van der Waals surface area contributed by atoms with E-state index in [9.17, 15) is 0 Å². The van der Waals surface area contributed by atoms with Crippen molar-refractivity contribution >= 4 is 0 Å². The summed E-state index contributed by atoms with van der Waals surface area (Å²) in [6.45, 7) is 14.6. The lowest BCUT2D eigenvalue weighted by Crippen LogP contribution is -2.58. The van der Waals surface area contributed by atoms with E-state index in [2.05, 4.69) is 39.2 Å². The van der Waals surface area contributed by atoms with Crippen LogP contribution < -0.4 is 0 Å². The van der Waals surface area contributed by atoms with E-state index in [-0.39, 0.29) is 0 Å². The van der Waals surface area contributed by atoms with E-state index in [1.54, 1.807) is 0 Å². The van der Waals surface area contributed by atoms with Gasteiger partial charge in [-0.05, 0) is 72.8 Å². The molecular formula is C15H29N. The highest BCUT2D eigenvalue weighted by molar-refractivity contribution is 4.96. The molecular weight excluding hydrogens is 194 g/mol. The number of allylic oxidation sites excluding steroid dienone is 1. The van der Waals surface area contributed by atoms with E-state index >= 15 is 0 Å². The monoisotopic (exact) mass is 223 g/mol. The Morgan fingerprint density at radius 3 is 2.12 bits per heavy atom. The van der Waals surface area contributed by atoms with Gasteiger partial charge >= 0.3 is 0 Å². The number of likely N-dealkylation sites (tertiary alicyclic amines) is 1. The molecule has 0 aromatic rings. The van der Waals surface area contributed by atoms with Crippen molar-refractivity contribution in [2.75, 3.05) is 6.54 Å². The van der Waals surface area contributed by atoms with Crippen molar-refractivity contribution in [3.8, 4) is 0 Å². The maximum atomic E-state index is 3.79. The second-order valence-electron chi connectivity index (χ2n) is 6.41. The standard InChI is InChI=1S/C15H29N/c1-6-7-8-9-13-16-14(2,3)11-10-12-15(16,4)5/h6H,1,7-13H2,2-5H3. The highest BCUT2D eigenvalue weighted by atomic mass is 15.3. The summed E-state index contributed by atoms with van der Waals surface area (Å²) < 4.78 is 0. The Balaban J connectivity index is 2.53. The molecule has 0 spiro atoms. The fraction of sp³-hybridized carbons (Fsp3) is 0.867. The molecule has 0 atom stereocenters. The van der Waals surface area contributed by atoms with Gasteiger partial charge in [-0.3, -0.25) is 4.90 Å². The topological polar surface area (TPSA) is 3.24 Å². The molecule has 0 aliphatic carbocycles. The van der Waals surface area contributed by atoms with Crippen LogP contribution in [0, 0.1) is 0 Å². The molecule has 0 aromatic carbocycles. The van der Waals surface area contributed by atoms with Crippen molar-refractivity contribution in [1.82, 2.24) is 4.90 Å². The third-order valence-corrected chi connectivity index (χ3v) is 4.08. The normalized spacial score (nSPS) is 24.2. The van der Waals surface area contributed by atoms with Crippen molar-refractivity contribution in [2.45, 2.75) is 77.3 Å². The quantitative estimate of drug-likeness (QED) is 0.493. The molecule has 0 aromatic heterocycles. The molecule has 1 aliphatic rings. The Kier molecular flexibility index (Phi) is 4.61. The van der Waals surface area contributed by atoms with E-state index in [0.717, 1.165) is 6.42 Å². The average Bonchev–Trinajstić information content (AvgIpc) is 2.14. The van der Waals surface area contributed by atoms with Gasteiger partial charge in [0.25, 0.3) is 0 Å². The second-order valence-corrected chi connectivity index (χ2v) is 6.41. The minimum Gasteiger partial charge on any atom is -0.293 e. The fourth-order valence-electron chi connectivity index (χ4n) is 3.21. The van der Waals surface area contributed by atoms with Crippen LogP contribution in [-0.4, -0.2) is 22.5 Å². The molecule has 1 fully saturated rings. The van der Waals surface area contributed by atoms with Gasteiger partial charge in [-0.15, -0.1) is 6.58 Å². The van der Waals surface area contributed by atoms with Crippen LogP contribution in [0.4, 0.5) is 0 Å². The summed E-state index contributed by atoms with van der Waals surface area (Å²) in [4.78, 5) is 2.73. The summed E-state index contributed by atoms with van der Waals surface area (Å²) in [5.41, 5.74) is 0.770. The lowest BCUT2D eigenvalue weighted by Gasteiger charge is -2.53. The summed E-state index contributed by atoms with van der Waals surface area (Å²) in [6.07, 6.45) is 9.85. The molecule has 1 heteroatoms. The van der Waals surface area contributed by atoms with Crippen molar-refractivity contribution < 1.29 is 0 Å². The maximum Gasteiger partial charge on any atom is 0.0158 e. The molecule has 1 heterocycles. The molecule has 0 saturated carbocycles. The molecule has 0 bridgehead atoms. The highest BCUT2D eigenvalue weighted by Gasteiger charge is 2.40. The SMILES string of the molecule is C=CCCCCN1C(C)(C)CCCC1(C)C. The zero-order chi connectivity index (χ0) is 12.2. The number of hydrogen-bond donors (Lipinski definition) is 0. The van der Waals surface area contributed by atoms with Crippen LogP contribution in [0.5, 0.6) is 0 Å². The fourth-order valence-corrected chi connectivity index (χ4v) is 3.21. The number of nitrogens with zero attached hydrogens (tertiary/aromatic N) is 1. The largest absolute Gasteiger partial charge is 0.293 e. The molecule has 1 nitrogen and oxygen atoms in total. The van der Waals surface area contributed by atoms with Gasteiger partial charge in [-0.25, -0.2) is 0 Å². The van der Waals surface area contributed by atoms with Crippen LogP contribution in [0.1, 0.15) is 66.2 Å². The average molecular weight is 223 g/mol. The molecule has 16 heavy (non-hydrogen) atoms. The third kappa shape index (κ3) is 3.35. The molecule has 1 saturated heterocycles. The number of unbranched alkanes of at least 4 members (excludes halogenated alkanes) is 2. The van der Waals surface area contributed by atoms with E-state index < -0.39 is 0 Å². The van der Waals surface area contributed by atoms with Gasteiger partial charge in [-0.1, -0.05) is 6.08 Å². The van der Waals surface area contributed by atoms with Gasteiger partial charge < -0.3 is 0 Å². The third-order valence-electron chi connectivity index (χ3n) is 4.08. The summed E-state index contributed by atoms with van der Waals surface area (Å²) in [7, 11) is 0. The van der Waals surface area contributed by atoms with Crippen LogP contribution in [0.2, 0.25) is 0 Å². The molecule has 0 radical (unpaired) electrons. The van der Waals surface area contributed by atoms with Crippen LogP contribution in [-0.2, 0) is 0 Å². The number of piperidine rings is 1.